The lowest BCUT2D eigenvalue weighted by Gasteiger charge is -2.41. The smallest absolute Gasteiger partial charge is 0.123 e. The molecule has 0 spiro atoms. The first-order valence-electron chi connectivity index (χ1n) is 9.00. The Morgan fingerprint density at radius 2 is 1.68 bits per heavy atom. The Kier molecular flexibility index (Phi) is 9.95. The Balaban J connectivity index is 0.00000156. The van der Waals surface area contributed by atoms with E-state index in [0.29, 0.717) is 6.04 Å². The molecule has 144 valence electrons. The van der Waals surface area contributed by atoms with Crippen molar-refractivity contribution in [2.24, 2.45) is 5.92 Å². The fourth-order valence-corrected chi connectivity index (χ4v) is 4.23. The molecule has 1 N–H and O–H groups in total. The van der Waals surface area contributed by atoms with Crippen LogP contribution in [0.4, 0.5) is 0 Å². The SMILES string of the molecule is COc1ccc(OC)c([C@H](C2CCCCC2)N2CCNCC2)c1.Cl.Cl. The summed E-state index contributed by atoms with van der Waals surface area (Å²) in [5.41, 5.74) is 1.31. The van der Waals surface area contributed by atoms with Crippen LogP contribution in [-0.4, -0.2) is 45.3 Å². The summed E-state index contributed by atoms with van der Waals surface area (Å²) < 4.78 is 11.2. The maximum absolute atomic E-state index is 5.71. The molecule has 1 aromatic carbocycles. The van der Waals surface area contributed by atoms with Gasteiger partial charge in [0.2, 0.25) is 0 Å². The van der Waals surface area contributed by atoms with Crippen LogP contribution in [0.25, 0.3) is 0 Å². The predicted octanol–water partition coefficient (Wildman–Crippen LogP) is 4.07. The van der Waals surface area contributed by atoms with E-state index in [1.54, 1.807) is 14.2 Å². The quantitative estimate of drug-likeness (QED) is 0.820. The molecule has 2 fully saturated rings. The average Bonchev–Trinajstić information content (AvgIpc) is 2.63. The second kappa shape index (κ2) is 11.1. The third-order valence-electron chi connectivity index (χ3n) is 5.40. The Labute approximate surface area is 164 Å². The van der Waals surface area contributed by atoms with Crippen LogP contribution in [0.15, 0.2) is 18.2 Å². The first-order valence-corrected chi connectivity index (χ1v) is 9.00. The molecule has 1 aliphatic heterocycles. The van der Waals surface area contributed by atoms with Crippen LogP contribution in [0.2, 0.25) is 0 Å². The molecule has 25 heavy (non-hydrogen) atoms. The van der Waals surface area contributed by atoms with Gasteiger partial charge in [-0.3, -0.25) is 4.90 Å². The molecule has 4 nitrogen and oxygen atoms in total. The molecule has 0 bridgehead atoms. The maximum Gasteiger partial charge on any atom is 0.123 e. The van der Waals surface area contributed by atoms with Crippen LogP contribution < -0.4 is 14.8 Å². The monoisotopic (exact) mass is 390 g/mol. The van der Waals surface area contributed by atoms with E-state index in [1.807, 2.05) is 6.07 Å². The summed E-state index contributed by atoms with van der Waals surface area (Å²) in [6.07, 6.45) is 6.77. The Morgan fingerprint density at radius 1 is 1.00 bits per heavy atom. The Bertz CT molecular complexity index is 486. The van der Waals surface area contributed by atoms with Crippen LogP contribution in [0.3, 0.4) is 0 Å². The van der Waals surface area contributed by atoms with Gasteiger partial charge < -0.3 is 14.8 Å². The van der Waals surface area contributed by atoms with Crippen molar-refractivity contribution in [3.8, 4) is 11.5 Å². The molecule has 0 amide bonds. The van der Waals surface area contributed by atoms with E-state index in [0.717, 1.165) is 43.6 Å². The van der Waals surface area contributed by atoms with Crippen molar-refractivity contribution < 1.29 is 9.47 Å². The lowest BCUT2D eigenvalue weighted by molar-refractivity contribution is 0.101. The number of hydrogen-bond acceptors (Lipinski definition) is 4. The highest BCUT2D eigenvalue weighted by Gasteiger charge is 2.33. The lowest BCUT2D eigenvalue weighted by Crippen LogP contribution is -2.47. The normalized spacial score (nSPS) is 20.1. The summed E-state index contributed by atoms with van der Waals surface area (Å²) in [6.45, 7) is 4.38. The van der Waals surface area contributed by atoms with Crippen molar-refractivity contribution in [1.82, 2.24) is 10.2 Å². The van der Waals surface area contributed by atoms with E-state index < -0.39 is 0 Å². The minimum Gasteiger partial charge on any atom is -0.497 e. The fourth-order valence-electron chi connectivity index (χ4n) is 4.23. The minimum absolute atomic E-state index is 0. The van der Waals surface area contributed by atoms with E-state index >= 15 is 0 Å². The van der Waals surface area contributed by atoms with Crippen molar-refractivity contribution in [1.29, 1.82) is 0 Å². The predicted molar refractivity (Wildman–Crippen MR) is 108 cm³/mol. The number of benzene rings is 1. The van der Waals surface area contributed by atoms with Gasteiger partial charge in [-0.05, 0) is 37.0 Å². The zero-order chi connectivity index (χ0) is 16.1. The molecular weight excluding hydrogens is 359 g/mol. The summed E-state index contributed by atoms with van der Waals surface area (Å²) in [7, 11) is 3.52. The Morgan fingerprint density at radius 3 is 2.28 bits per heavy atom. The van der Waals surface area contributed by atoms with Crippen LogP contribution in [-0.2, 0) is 0 Å². The second-order valence-corrected chi connectivity index (χ2v) is 6.74. The number of nitrogens with one attached hydrogen (secondary N) is 1. The van der Waals surface area contributed by atoms with Gasteiger partial charge in [0.1, 0.15) is 11.5 Å². The van der Waals surface area contributed by atoms with Gasteiger partial charge in [-0.1, -0.05) is 19.3 Å². The van der Waals surface area contributed by atoms with Gasteiger partial charge in [0.15, 0.2) is 0 Å². The summed E-state index contributed by atoms with van der Waals surface area (Å²) in [5, 5.41) is 3.48. The van der Waals surface area contributed by atoms with Crippen molar-refractivity contribution >= 4 is 24.8 Å². The molecule has 1 heterocycles. The van der Waals surface area contributed by atoms with E-state index in [1.165, 1.54) is 37.7 Å². The molecule has 0 unspecified atom stereocenters. The molecule has 0 radical (unpaired) electrons. The topological polar surface area (TPSA) is 33.7 Å². The minimum atomic E-state index is 0. The number of nitrogens with zero attached hydrogens (tertiary/aromatic N) is 1. The van der Waals surface area contributed by atoms with Gasteiger partial charge in [-0.25, -0.2) is 0 Å². The summed E-state index contributed by atoms with van der Waals surface area (Å²) in [4.78, 5) is 2.66. The molecule has 0 aromatic heterocycles. The van der Waals surface area contributed by atoms with Gasteiger partial charge in [0, 0.05) is 37.8 Å². The highest BCUT2D eigenvalue weighted by Crippen LogP contribution is 2.42. The first-order chi connectivity index (χ1) is 11.3. The van der Waals surface area contributed by atoms with Crippen molar-refractivity contribution in [2.45, 2.75) is 38.1 Å². The standard InChI is InChI=1S/C19H30N2O2.2ClH/c1-22-16-8-9-18(23-2)17(14-16)19(15-6-4-3-5-7-15)21-12-10-20-11-13-21;;/h8-9,14-15,19-20H,3-7,10-13H2,1-2H3;2*1H/t19-;;/m0../s1. The molecule has 3 rings (SSSR count). The molecule has 1 aliphatic carbocycles. The highest BCUT2D eigenvalue weighted by molar-refractivity contribution is 5.85. The number of hydrogen-bond donors (Lipinski definition) is 1. The largest absolute Gasteiger partial charge is 0.497 e. The van der Waals surface area contributed by atoms with Crippen molar-refractivity contribution in [3.05, 3.63) is 23.8 Å². The van der Waals surface area contributed by atoms with Gasteiger partial charge in [-0.15, -0.1) is 24.8 Å². The van der Waals surface area contributed by atoms with Crippen LogP contribution >= 0.6 is 24.8 Å². The number of methoxy groups -OCH3 is 2. The third kappa shape index (κ3) is 5.40. The molecule has 2 aliphatic rings. The van der Waals surface area contributed by atoms with Gasteiger partial charge in [0.25, 0.3) is 0 Å². The Hall–Kier alpha value is -0.680. The maximum atomic E-state index is 5.71. The van der Waals surface area contributed by atoms with Gasteiger partial charge in [-0.2, -0.15) is 0 Å². The molecule has 1 atom stereocenters. The van der Waals surface area contributed by atoms with E-state index in [-0.39, 0.29) is 24.8 Å². The lowest BCUT2D eigenvalue weighted by atomic mass is 9.79. The number of rotatable bonds is 5. The third-order valence-corrected chi connectivity index (χ3v) is 5.40. The summed E-state index contributed by atoms with van der Waals surface area (Å²) in [6, 6.07) is 6.70. The zero-order valence-corrected chi connectivity index (χ0v) is 17.0. The molecule has 1 aromatic rings. The molecule has 1 saturated heterocycles. The van der Waals surface area contributed by atoms with Crippen LogP contribution in [0, 0.1) is 5.92 Å². The first kappa shape index (κ1) is 22.4. The highest BCUT2D eigenvalue weighted by atomic mass is 35.5. The fraction of sp³-hybridized carbons (Fsp3) is 0.684. The zero-order valence-electron chi connectivity index (χ0n) is 15.3. The summed E-state index contributed by atoms with van der Waals surface area (Å²) in [5.74, 6) is 2.65. The van der Waals surface area contributed by atoms with Gasteiger partial charge in [0.05, 0.1) is 14.2 Å². The molecule has 6 heteroatoms. The molecule has 1 saturated carbocycles. The second-order valence-electron chi connectivity index (χ2n) is 6.74. The van der Waals surface area contributed by atoms with Crippen molar-refractivity contribution in [2.75, 3.05) is 40.4 Å². The van der Waals surface area contributed by atoms with E-state index in [9.17, 15) is 0 Å². The number of ether oxygens (including phenoxy) is 2. The summed E-state index contributed by atoms with van der Waals surface area (Å²) >= 11 is 0. The molecular formula is C19H32Cl2N2O2. The van der Waals surface area contributed by atoms with E-state index in [4.69, 9.17) is 9.47 Å². The number of halogens is 2. The van der Waals surface area contributed by atoms with Crippen molar-refractivity contribution in [3.63, 3.8) is 0 Å². The number of piperazine rings is 1. The van der Waals surface area contributed by atoms with Gasteiger partial charge >= 0.3 is 0 Å². The van der Waals surface area contributed by atoms with E-state index in [2.05, 4.69) is 22.3 Å². The average molecular weight is 391 g/mol. The van der Waals surface area contributed by atoms with Crippen LogP contribution in [0.5, 0.6) is 11.5 Å². The van der Waals surface area contributed by atoms with Crippen LogP contribution in [0.1, 0.15) is 43.7 Å².